The van der Waals surface area contributed by atoms with Crippen LogP contribution in [-0.4, -0.2) is 32.9 Å². The topological polar surface area (TPSA) is 63.6 Å². The molecule has 106 valence electrons. The van der Waals surface area contributed by atoms with Crippen LogP contribution >= 0.6 is 0 Å². The molecule has 0 radical (unpaired) electrons. The molecule has 2 unspecified atom stereocenters. The van der Waals surface area contributed by atoms with Gasteiger partial charge in [0.05, 0.1) is 6.61 Å². The Morgan fingerprint density at radius 1 is 1.32 bits per heavy atom. The van der Waals surface area contributed by atoms with Crippen LogP contribution in [0.3, 0.4) is 0 Å². The van der Waals surface area contributed by atoms with Crippen molar-refractivity contribution in [3.05, 3.63) is 29.8 Å². The van der Waals surface area contributed by atoms with Crippen LogP contribution < -0.4 is 4.74 Å². The second-order valence-electron chi connectivity index (χ2n) is 4.43. The molecule has 4 nitrogen and oxygen atoms in total. The zero-order chi connectivity index (χ0) is 14.3. The van der Waals surface area contributed by atoms with Crippen molar-refractivity contribution in [1.29, 1.82) is 0 Å². The van der Waals surface area contributed by atoms with Gasteiger partial charge in [0.1, 0.15) is 11.0 Å². The molecule has 19 heavy (non-hydrogen) atoms. The molecule has 5 heteroatoms. The van der Waals surface area contributed by atoms with E-state index in [-0.39, 0.29) is 0 Å². The molecule has 2 atom stereocenters. The minimum atomic E-state index is -1.30. The van der Waals surface area contributed by atoms with Crippen LogP contribution in [0.4, 0.5) is 0 Å². The largest absolute Gasteiger partial charge is 0.494 e. The maximum Gasteiger partial charge on any atom is 0.318 e. The Morgan fingerprint density at radius 3 is 2.53 bits per heavy atom. The summed E-state index contributed by atoms with van der Waals surface area (Å²) in [5, 5.41) is 7.91. The van der Waals surface area contributed by atoms with Crippen LogP contribution in [0.25, 0.3) is 0 Å². The highest BCUT2D eigenvalue weighted by Gasteiger charge is 2.17. The Balaban J connectivity index is 2.16. The number of aliphatic carboxylic acids is 1. The van der Waals surface area contributed by atoms with Crippen molar-refractivity contribution in [1.82, 2.24) is 0 Å². The first-order valence-electron chi connectivity index (χ1n) is 6.30. The van der Waals surface area contributed by atoms with Crippen LogP contribution in [0.2, 0.25) is 0 Å². The van der Waals surface area contributed by atoms with Crippen molar-refractivity contribution in [3.8, 4) is 5.75 Å². The van der Waals surface area contributed by atoms with E-state index in [0.29, 0.717) is 18.8 Å². The number of hydrogen-bond donors (Lipinski definition) is 1. The second kappa shape index (κ2) is 7.94. The number of ether oxygens (including phenoxy) is 1. The Morgan fingerprint density at radius 2 is 1.95 bits per heavy atom. The lowest BCUT2D eigenvalue weighted by atomic mass is 10.2. The van der Waals surface area contributed by atoms with Gasteiger partial charge in [-0.1, -0.05) is 17.7 Å². The number of hydrogen-bond acceptors (Lipinski definition) is 3. The van der Waals surface area contributed by atoms with Gasteiger partial charge in [-0.15, -0.1) is 0 Å². The van der Waals surface area contributed by atoms with Crippen LogP contribution in [0, 0.1) is 6.92 Å². The Kier molecular flexibility index (Phi) is 6.56. The third-order valence-electron chi connectivity index (χ3n) is 2.77. The highest BCUT2D eigenvalue weighted by molar-refractivity contribution is 7.86. The highest BCUT2D eigenvalue weighted by atomic mass is 32.2. The van der Waals surface area contributed by atoms with Gasteiger partial charge in [-0.3, -0.25) is 9.00 Å². The first-order valence-corrected chi connectivity index (χ1v) is 7.68. The van der Waals surface area contributed by atoms with E-state index in [1.165, 1.54) is 12.5 Å². The number of benzene rings is 1. The van der Waals surface area contributed by atoms with E-state index in [4.69, 9.17) is 9.84 Å². The second-order valence-corrected chi connectivity index (χ2v) is 6.31. The number of aryl methyl sites for hydroxylation is 1. The number of carboxylic acid groups (broad SMARTS) is 1. The summed E-state index contributed by atoms with van der Waals surface area (Å²) in [7, 11) is -1.30. The molecule has 0 aliphatic rings. The summed E-state index contributed by atoms with van der Waals surface area (Å²) in [5.41, 5.74) is 1.19. The van der Waals surface area contributed by atoms with E-state index < -0.39 is 22.0 Å². The molecule has 0 amide bonds. The summed E-state index contributed by atoms with van der Waals surface area (Å²) < 4.78 is 17.1. The highest BCUT2D eigenvalue weighted by Crippen LogP contribution is 2.12. The zero-order valence-electron chi connectivity index (χ0n) is 11.3. The summed E-state index contributed by atoms with van der Waals surface area (Å²) in [6.07, 6.45) is 1.47. The Bertz CT molecular complexity index is 428. The molecule has 1 aromatic rings. The normalized spacial score (nSPS) is 13.8. The van der Waals surface area contributed by atoms with Crippen LogP contribution in [-0.2, 0) is 15.6 Å². The molecule has 1 N–H and O–H groups in total. The molecule has 0 aliphatic heterocycles. The molecule has 1 rings (SSSR count). The Labute approximate surface area is 116 Å². The fraction of sp³-hybridized carbons (Fsp3) is 0.500. The summed E-state index contributed by atoms with van der Waals surface area (Å²) >= 11 is 0. The summed E-state index contributed by atoms with van der Waals surface area (Å²) in [6.45, 7) is 4.05. The van der Waals surface area contributed by atoms with Crippen molar-refractivity contribution in [3.63, 3.8) is 0 Å². The average Bonchev–Trinajstić information content (AvgIpc) is 2.39. The van der Waals surface area contributed by atoms with E-state index in [2.05, 4.69) is 0 Å². The van der Waals surface area contributed by atoms with Gasteiger partial charge in [0.25, 0.3) is 0 Å². The maximum atomic E-state index is 11.5. The van der Waals surface area contributed by atoms with Gasteiger partial charge >= 0.3 is 5.97 Å². The van der Waals surface area contributed by atoms with Crippen molar-refractivity contribution in [2.75, 3.05) is 12.4 Å². The smallest absolute Gasteiger partial charge is 0.318 e. The maximum absolute atomic E-state index is 11.5. The van der Waals surface area contributed by atoms with Crippen LogP contribution in [0.5, 0.6) is 5.75 Å². The van der Waals surface area contributed by atoms with Gasteiger partial charge in [0.15, 0.2) is 0 Å². The number of carboxylic acids is 1. The number of carbonyl (C=O) groups is 1. The van der Waals surface area contributed by atoms with Crippen LogP contribution in [0.1, 0.15) is 25.3 Å². The van der Waals surface area contributed by atoms with Gasteiger partial charge < -0.3 is 9.84 Å². The monoisotopic (exact) mass is 284 g/mol. The summed E-state index contributed by atoms with van der Waals surface area (Å²) in [6, 6.07) is 7.80. The number of rotatable bonds is 8. The van der Waals surface area contributed by atoms with E-state index in [9.17, 15) is 9.00 Å². The van der Waals surface area contributed by atoms with Gasteiger partial charge in [-0.25, -0.2) is 0 Å². The average molecular weight is 284 g/mol. The standard InChI is InChI=1S/C14H20O4S/c1-11-5-7-13(8-6-11)18-9-3-4-10-19(17)12(2)14(15)16/h5-8,12H,3-4,9-10H2,1-2H3,(H,15,16). The van der Waals surface area contributed by atoms with E-state index in [1.54, 1.807) is 0 Å². The summed E-state index contributed by atoms with van der Waals surface area (Å²) in [4.78, 5) is 10.6. The van der Waals surface area contributed by atoms with E-state index in [0.717, 1.165) is 12.2 Å². The van der Waals surface area contributed by atoms with Gasteiger partial charge in [-0.2, -0.15) is 0 Å². The van der Waals surface area contributed by atoms with E-state index >= 15 is 0 Å². The first-order chi connectivity index (χ1) is 9.00. The molecule has 0 aromatic heterocycles. The van der Waals surface area contributed by atoms with Crippen molar-refractivity contribution < 1.29 is 18.8 Å². The minimum absolute atomic E-state index is 0.407. The molecule has 0 saturated carbocycles. The number of unbranched alkanes of at least 4 members (excludes halogenated alkanes) is 1. The first kappa shape index (κ1) is 15.7. The molecular formula is C14H20O4S. The molecule has 0 bridgehead atoms. The van der Waals surface area contributed by atoms with Crippen molar-refractivity contribution in [2.45, 2.75) is 31.9 Å². The lowest BCUT2D eigenvalue weighted by molar-refractivity contribution is -0.136. The molecule has 0 fully saturated rings. The quantitative estimate of drug-likeness (QED) is 0.744. The molecule has 1 aromatic carbocycles. The fourth-order valence-corrected chi connectivity index (χ4v) is 2.53. The lowest BCUT2D eigenvalue weighted by Gasteiger charge is -2.08. The van der Waals surface area contributed by atoms with Crippen molar-refractivity contribution in [2.24, 2.45) is 0 Å². The molecular weight excluding hydrogens is 264 g/mol. The summed E-state index contributed by atoms with van der Waals surface area (Å²) in [5.74, 6) is 0.227. The predicted octanol–water partition coefficient (Wildman–Crippen LogP) is 2.38. The minimum Gasteiger partial charge on any atom is -0.494 e. The lowest BCUT2D eigenvalue weighted by Crippen LogP contribution is -2.23. The third kappa shape index (κ3) is 5.87. The van der Waals surface area contributed by atoms with Gasteiger partial charge in [0, 0.05) is 16.6 Å². The predicted molar refractivity (Wildman–Crippen MR) is 76.0 cm³/mol. The fourth-order valence-electron chi connectivity index (χ4n) is 1.46. The zero-order valence-corrected chi connectivity index (χ0v) is 12.1. The Hall–Kier alpha value is -1.36. The van der Waals surface area contributed by atoms with E-state index in [1.807, 2.05) is 31.2 Å². The molecule has 0 aliphatic carbocycles. The van der Waals surface area contributed by atoms with Crippen LogP contribution in [0.15, 0.2) is 24.3 Å². The van der Waals surface area contributed by atoms with Gasteiger partial charge in [0.2, 0.25) is 0 Å². The molecule has 0 heterocycles. The molecule has 0 saturated heterocycles. The SMILES string of the molecule is Cc1ccc(OCCCCS(=O)C(C)C(=O)O)cc1. The third-order valence-corrected chi connectivity index (χ3v) is 4.45. The van der Waals surface area contributed by atoms with Gasteiger partial charge in [-0.05, 0) is 38.8 Å². The van der Waals surface area contributed by atoms with Crippen molar-refractivity contribution >= 4 is 16.8 Å². The molecule has 0 spiro atoms.